The van der Waals surface area contributed by atoms with Crippen LogP contribution in [0.1, 0.15) is 20.8 Å². The fourth-order valence-corrected chi connectivity index (χ4v) is 3.48. The number of ether oxygens (including phenoxy) is 1. The molecule has 2 saturated heterocycles. The van der Waals surface area contributed by atoms with Gasteiger partial charge >= 0.3 is 0 Å². The van der Waals surface area contributed by atoms with E-state index in [0.717, 1.165) is 26.2 Å². The zero-order chi connectivity index (χ0) is 11.6. The van der Waals surface area contributed by atoms with Gasteiger partial charge in [0, 0.05) is 43.2 Å². The van der Waals surface area contributed by atoms with Gasteiger partial charge in [0.05, 0.1) is 12.2 Å². The highest BCUT2D eigenvalue weighted by Crippen LogP contribution is 2.29. The van der Waals surface area contributed by atoms with E-state index in [1.807, 2.05) is 0 Å². The minimum absolute atomic E-state index is 0.111. The van der Waals surface area contributed by atoms with Gasteiger partial charge in [-0.05, 0) is 20.8 Å². The van der Waals surface area contributed by atoms with Gasteiger partial charge in [0.2, 0.25) is 0 Å². The van der Waals surface area contributed by atoms with E-state index in [1.165, 1.54) is 18.8 Å². The summed E-state index contributed by atoms with van der Waals surface area (Å²) in [6.07, 6.45) is 0. The van der Waals surface area contributed by atoms with Crippen LogP contribution >= 0.6 is 11.8 Å². The highest BCUT2D eigenvalue weighted by Gasteiger charge is 2.33. The Balaban J connectivity index is 1.66. The number of thioether (sulfide) groups is 1. The lowest BCUT2D eigenvalue weighted by molar-refractivity contribution is -0.0722. The van der Waals surface area contributed by atoms with Crippen LogP contribution in [0.5, 0.6) is 0 Å². The fourth-order valence-electron chi connectivity index (χ4n) is 2.31. The molecule has 3 nitrogen and oxygen atoms in total. The Labute approximate surface area is 103 Å². The molecule has 2 heterocycles. The predicted octanol–water partition coefficient (Wildman–Crippen LogP) is 1.19. The van der Waals surface area contributed by atoms with Crippen molar-refractivity contribution in [3.8, 4) is 0 Å². The number of hydrogen-bond donors (Lipinski definition) is 1. The van der Waals surface area contributed by atoms with Crippen molar-refractivity contribution in [2.75, 3.05) is 45.1 Å². The maximum atomic E-state index is 5.93. The summed E-state index contributed by atoms with van der Waals surface area (Å²) in [4.78, 5) is 2.53. The molecule has 2 fully saturated rings. The second-order valence-corrected chi connectivity index (χ2v) is 7.59. The van der Waals surface area contributed by atoms with Gasteiger partial charge in [0.25, 0.3) is 0 Å². The smallest absolute Gasteiger partial charge is 0.0902 e. The second kappa shape index (κ2) is 4.84. The lowest BCUT2D eigenvalue weighted by atomic mass is 10.0. The molecule has 0 aromatic heterocycles. The van der Waals surface area contributed by atoms with Gasteiger partial charge in [-0.2, -0.15) is 11.8 Å². The van der Waals surface area contributed by atoms with Crippen LogP contribution in [0.3, 0.4) is 0 Å². The van der Waals surface area contributed by atoms with Gasteiger partial charge in [-0.25, -0.2) is 0 Å². The molecule has 4 heteroatoms. The van der Waals surface area contributed by atoms with E-state index in [-0.39, 0.29) is 5.60 Å². The zero-order valence-electron chi connectivity index (χ0n) is 10.7. The van der Waals surface area contributed by atoms with Crippen molar-refractivity contribution in [3.63, 3.8) is 0 Å². The first-order valence-corrected chi connectivity index (χ1v) is 7.19. The summed E-state index contributed by atoms with van der Waals surface area (Å²) < 4.78 is 6.34. The maximum Gasteiger partial charge on any atom is 0.0902 e. The van der Waals surface area contributed by atoms with Crippen LogP contribution in [-0.4, -0.2) is 60.3 Å². The molecular formula is C12H24N2OS. The van der Waals surface area contributed by atoms with Crippen LogP contribution in [0.2, 0.25) is 0 Å². The highest BCUT2D eigenvalue weighted by atomic mass is 32.2. The average Bonchev–Trinajstić information content (AvgIpc) is 2.13. The Morgan fingerprint density at radius 2 is 2.06 bits per heavy atom. The Kier molecular flexibility index (Phi) is 3.84. The highest BCUT2D eigenvalue weighted by molar-refractivity contribution is 8.00. The molecule has 2 aliphatic heterocycles. The molecule has 0 aliphatic carbocycles. The van der Waals surface area contributed by atoms with E-state index < -0.39 is 0 Å². The molecule has 0 bridgehead atoms. The number of nitrogens with one attached hydrogen (secondary N) is 1. The largest absolute Gasteiger partial charge is 0.371 e. The number of nitrogens with zero attached hydrogens (tertiary/aromatic N) is 1. The number of rotatable bonds is 4. The van der Waals surface area contributed by atoms with Crippen molar-refractivity contribution in [2.24, 2.45) is 0 Å². The molecular weight excluding hydrogens is 220 g/mol. The minimum atomic E-state index is 0.111. The molecule has 0 saturated carbocycles. The summed E-state index contributed by atoms with van der Waals surface area (Å²) >= 11 is 2.09. The number of hydrogen-bond acceptors (Lipinski definition) is 4. The van der Waals surface area contributed by atoms with E-state index in [4.69, 9.17) is 4.74 Å². The lowest BCUT2D eigenvalue weighted by Crippen LogP contribution is -2.59. The minimum Gasteiger partial charge on any atom is -0.371 e. The van der Waals surface area contributed by atoms with E-state index in [9.17, 15) is 0 Å². The van der Waals surface area contributed by atoms with E-state index in [1.54, 1.807) is 0 Å². The summed E-state index contributed by atoms with van der Waals surface area (Å²) in [5, 5.41) is 3.26. The average molecular weight is 244 g/mol. The summed E-state index contributed by atoms with van der Waals surface area (Å²) in [5.41, 5.74) is 0.111. The Hall–Kier alpha value is 0.230. The van der Waals surface area contributed by atoms with Crippen LogP contribution in [0.15, 0.2) is 0 Å². The van der Waals surface area contributed by atoms with Crippen LogP contribution in [0, 0.1) is 0 Å². The summed E-state index contributed by atoms with van der Waals surface area (Å²) in [6, 6.07) is 0. The van der Waals surface area contributed by atoms with Gasteiger partial charge < -0.3 is 10.1 Å². The maximum absolute atomic E-state index is 5.93. The zero-order valence-corrected chi connectivity index (χ0v) is 11.5. The topological polar surface area (TPSA) is 24.5 Å². The van der Waals surface area contributed by atoms with Crippen molar-refractivity contribution >= 4 is 11.8 Å². The third-order valence-corrected chi connectivity index (χ3v) is 4.66. The third-order valence-electron chi connectivity index (χ3n) is 3.36. The first kappa shape index (κ1) is 12.7. The van der Waals surface area contributed by atoms with Crippen molar-refractivity contribution in [1.82, 2.24) is 10.2 Å². The van der Waals surface area contributed by atoms with Crippen LogP contribution < -0.4 is 5.32 Å². The molecule has 0 atom stereocenters. The van der Waals surface area contributed by atoms with Gasteiger partial charge in [-0.15, -0.1) is 0 Å². The first-order valence-electron chi connectivity index (χ1n) is 6.20. The first-order chi connectivity index (χ1) is 7.49. The lowest BCUT2D eigenvalue weighted by Gasteiger charge is -2.41. The monoisotopic (exact) mass is 244 g/mol. The molecule has 2 aliphatic rings. The van der Waals surface area contributed by atoms with Gasteiger partial charge in [0.15, 0.2) is 0 Å². The molecule has 16 heavy (non-hydrogen) atoms. The summed E-state index contributed by atoms with van der Waals surface area (Å²) in [7, 11) is 0. The van der Waals surface area contributed by atoms with Crippen LogP contribution in [0.25, 0.3) is 0 Å². The van der Waals surface area contributed by atoms with E-state index >= 15 is 0 Å². The van der Waals surface area contributed by atoms with Crippen LogP contribution in [0.4, 0.5) is 0 Å². The van der Waals surface area contributed by atoms with E-state index in [2.05, 4.69) is 42.7 Å². The van der Waals surface area contributed by atoms with Gasteiger partial charge in [-0.1, -0.05) is 0 Å². The standard InChI is InChI=1S/C12H24N2OS/c1-11(2)10-14(5-7-16-11)4-6-15-12(3)8-13-9-12/h13H,4-10H2,1-3H3. The molecule has 0 radical (unpaired) electrons. The normalized spacial score (nSPS) is 28.7. The quantitative estimate of drug-likeness (QED) is 0.803. The SMILES string of the molecule is CC1(OCCN2CCSC(C)(C)C2)CNC1. The molecule has 0 amide bonds. The molecule has 2 rings (SSSR count). The van der Waals surface area contributed by atoms with Crippen molar-refractivity contribution in [1.29, 1.82) is 0 Å². The molecule has 0 unspecified atom stereocenters. The Bertz CT molecular complexity index is 241. The Morgan fingerprint density at radius 3 is 2.62 bits per heavy atom. The van der Waals surface area contributed by atoms with Crippen molar-refractivity contribution in [3.05, 3.63) is 0 Å². The van der Waals surface area contributed by atoms with Gasteiger partial charge in [-0.3, -0.25) is 4.90 Å². The summed E-state index contributed by atoms with van der Waals surface area (Å²) in [6.45, 7) is 13.2. The van der Waals surface area contributed by atoms with Gasteiger partial charge in [0.1, 0.15) is 0 Å². The molecule has 94 valence electrons. The predicted molar refractivity (Wildman–Crippen MR) is 70.2 cm³/mol. The van der Waals surface area contributed by atoms with Crippen LogP contribution in [-0.2, 0) is 4.74 Å². The van der Waals surface area contributed by atoms with Crippen molar-refractivity contribution in [2.45, 2.75) is 31.1 Å². The molecule has 0 spiro atoms. The van der Waals surface area contributed by atoms with Crippen molar-refractivity contribution < 1.29 is 4.74 Å². The second-order valence-electron chi connectivity index (χ2n) is 5.79. The molecule has 0 aromatic rings. The third kappa shape index (κ3) is 3.36. The summed E-state index contributed by atoms with van der Waals surface area (Å²) in [5.74, 6) is 1.26. The molecule has 0 aromatic carbocycles. The molecule has 1 N–H and O–H groups in total. The fraction of sp³-hybridized carbons (Fsp3) is 1.00. The Morgan fingerprint density at radius 1 is 1.31 bits per heavy atom. The van der Waals surface area contributed by atoms with E-state index in [0.29, 0.717) is 4.75 Å².